The lowest BCUT2D eigenvalue weighted by molar-refractivity contribution is 0.214. The molecule has 130 valence electrons. The maximum atomic E-state index is 11.5. The number of hydrogen-bond donors (Lipinski definition) is 1. The highest BCUT2D eigenvalue weighted by atomic mass is 16.2. The molecule has 0 aromatic rings. The van der Waals surface area contributed by atoms with E-state index >= 15 is 0 Å². The zero-order chi connectivity index (χ0) is 16.0. The first-order chi connectivity index (χ1) is 10.8. The molecule has 0 bridgehead atoms. The van der Waals surface area contributed by atoms with Crippen LogP contribution in [0.2, 0.25) is 0 Å². The number of hydrogen-bond acceptors (Lipinski definition) is 1. The van der Waals surface area contributed by atoms with Crippen molar-refractivity contribution in [3.8, 4) is 0 Å². The van der Waals surface area contributed by atoms with Crippen LogP contribution < -0.4 is 5.32 Å². The fourth-order valence-corrected chi connectivity index (χ4v) is 3.45. The molecule has 1 unspecified atom stereocenters. The van der Waals surface area contributed by atoms with Crippen molar-refractivity contribution in [2.45, 2.75) is 90.9 Å². The Kier molecular flexibility index (Phi) is 11.2. The van der Waals surface area contributed by atoms with Crippen molar-refractivity contribution in [2.24, 2.45) is 5.92 Å². The van der Waals surface area contributed by atoms with Crippen LogP contribution in [0, 0.1) is 5.92 Å². The third-order valence-corrected chi connectivity index (χ3v) is 4.92. The second-order valence-corrected chi connectivity index (χ2v) is 6.93. The molecular formula is C19H38N2O. The van der Waals surface area contributed by atoms with Gasteiger partial charge < -0.3 is 10.2 Å². The van der Waals surface area contributed by atoms with Gasteiger partial charge in [0.1, 0.15) is 0 Å². The Labute approximate surface area is 138 Å². The Bertz CT molecular complexity index is 281. The molecule has 1 atom stereocenters. The van der Waals surface area contributed by atoms with E-state index in [1.807, 2.05) is 4.90 Å². The summed E-state index contributed by atoms with van der Waals surface area (Å²) in [7, 11) is 0. The number of nitrogens with one attached hydrogen (secondary N) is 1. The molecule has 0 saturated carbocycles. The number of carbonyl (C=O) groups is 1. The van der Waals surface area contributed by atoms with E-state index in [1.165, 1.54) is 77.0 Å². The number of nitrogens with zero attached hydrogens (tertiary/aromatic N) is 1. The molecular weight excluding hydrogens is 272 g/mol. The minimum Gasteiger partial charge on any atom is -0.336 e. The lowest BCUT2D eigenvalue weighted by atomic mass is 9.90. The normalized spacial score (nSPS) is 16.1. The largest absolute Gasteiger partial charge is 0.336 e. The van der Waals surface area contributed by atoms with Crippen LogP contribution in [-0.2, 0) is 0 Å². The molecule has 0 radical (unpaired) electrons. The van der Waals surface area contributed by atoms with E-state index in [-0.39, 0.29) is 6.03 Å². The van der Waals surface area contributed by atoms with Gasteiger partial charge in [0.15, 0.2) is 0 Å². The first-order valence-corrected chi connectivity index (χ1v) is 9.80. The Morgan fingerprint density at radius 2 is 1.50 bits per heavy atom. The highest BCUT2D eigenvalue weighted by Gasteiger charge is 2.19. The topological polar surface area (TPSA) is 32.3 Å². The van der Waals surface area contributed by atoms with E-state index in [0.717, 1.165) is 25.6 Å². The predicted octanol–water partition coefficient (Wildman–Crippen LogP) is 5.35. The monoisotopic (exact) mass is 310 g/mol. The van der Waals surface area contributed by atoms with Crippen LogP contribution in [0.5, 0.6) is 0 Å². The van der Waals surface area contributed by atoms with Crippen molar-refractivity contribution in [1.82, 2.24) is 10.2 Å². The summed E-state index contributed by atoms with van der Waals surface area (Å²) < 4.78 is 0. The summed E-state index contributed by atoms with van der Waals surface area (Å²) >= 11 is 0. The summed E-state index contributed by atoms with van der Waals surface area (Å²) in [6, 6.07) is 0.141. The van der Waals surface area contributed by atoms with Gasteiger partial charge in [-0.1, -0.05) is 78.1 Å². The summed E-state index contributed by atoms with van der Waals surface area (Å²) in [4.78, 5) is 13.5. The van der Waals surface area contributed by atoms with Gasteiger partial charge in [-0.3, -0.25) is 0 Å². The summed E-state index contributed by atoms with van der Waals surface area (Å²) in [6.45, 7) is 7.24. The average molecular weight is 311 g/mol. The van der Waals surface area contributed by atoms with Crippen LogP contribution in [0.15, 0.2) is 0 Å². The molecule has 0 spiro atoms. The van der Waals surface area contributed by atoms with E-state index in [9.17, 15) is 4.79 Å². The average Bonchev–Trinajstić information content (AvgIpc) is 2.92. The van der Waals surface area contributed by atoms with Gasteiger partial charge in [-0.25, -0.2) is 4.79 Å². The van der Waals surface area contributed by atoms with Crippen molar-refractivity contribution >= 4 is 6.03 Å². The fourth-order valence-electron chi connectivity index (χ4n) is 3.45. The Balaban J connectivity index is 2.16. The van der Waals surface area contributed by atoms with Gasteiger partial charge in [0, 0.05) is 19.6 Å². The summed E-state index contributed by atoms with van der Waals surface area (Å²) in [5, 5.41) is 2.89. The molecule has 3 nitrogen and oxygen atoms in total. The highest BCUT2D eigenvalue weighted by Crippen LogP contribution is 2.23. The van der Waals surface area contributed by atoms with Gasteiger partial charge >= 0.3 is 6.03 Å². The van der Waals surface area contributed by atoms with E-state index < -0.39 is 0 Å². The molecule has 1 heterocycles. The van der Waals surface area contributed by atoms with Crippen LogP contribution in [0.25, 0.3) is 0 Å². The highest BCUT2D eigenvalue weighted by molar-refractivity contribution is 5.76. The molecule has 1 rings (SSSR count). The van der Waals surface area contributed by atoms with E-state index in [1.54, 1.807) is 0 Å². The van der Waals surface area contributed by atoms with Crippen molar-refractivity contribution in [1.29, 1.82) is 0 Å². The van der Waals surface area contributed by atoms with Crippen LogP contribution >= 0.6 is 0 Å². The van der Waals surface area contributed by atoms with Gasteiger partial charge in [-0.05, 0) is 18.8 Å². The van der Waals surface area contributed by atoms with Crippen LogP contribution in [0.4, 0.5) is 4.79 Å². The molecule has 0 aromatic heterocycles. The smallest absolute Gasteiger partial charge is 0.317 e. The lowest BCUT2D eigenvalue weighted by Crippen LogP contribution is -2.29. The maximum Gasteiger partial charge on any atom is 0.317 e. The van der Waals surface area contributed by atoms with Crippen molar-refractivity contribution in [3.63, 3.8) is 0 Å². The number of amides is 2. The predicted molar refractivity (Wildman–Crippen MR) is 95.2 cm³/mol. The summed E-state index contributed by atoms with van der Waals surface area (Å²) in [6.07, 6.45) is 16.3. The van der Waals surface area contributed by atoms with Crippen molar-refractivity contribution in [3.05, 3.63) is 0 Å². The molecule has 1 saturated heterocycles. The fraction of sp³-hybridized carbons (Fsp3) is 0.947. The van der Waals surface area contributed by atoms with Crippen molar-refractivity contribution < 1.29 is 4.79 Å². The van der Waals surface area contributed by atoms with Gasteiger partial charge in [0.2, 0.25) is 0 Å². The van der Waals surface area contributed by atoms with Gasteiger partial charge in [0.05, 0.1) is 0 Å². The van der Waals surface area contributed by atoms with Crippen LogP contribution in [0.3, 0.4) is 0 Å². The molecule has 1 N–H and O–H groups in total. The molecule has 1 aliphatic heterocycles. The second kappa shape index (κ2) is 12.8. The first-order valence-electron chi connectivity index (χ1n) is 9.80. The Morgan fingerprint density at radius 1 is 0.909 bits per heavy atom. The van der Waals surface area contributed by atoms with Crippen molar-refractivity contribution in [2.75, 3.05) is 19.6 Å². The van der Waals surface area contributed by atoms with Gasteiger partial charge in [-0.2, -0.15) is 0 Å². The molecule has 0 aromatic carbocycles. The number of rotatable bonds is 14. The molecule has 0 aliphatic carbocycles. The van der Waals surface area contributed by atoms with Crippen LogP contribution in [0.1, 0.15) is 90.9 Å². The third-order valence-electron chi connectivity index (χ3n) is 4.92. The maximum absolute atomic E-state index is 11.5. The zero-order valence-electron chi connectivity index (χ0n) is 15.0. The van der Waals surface area contributed by atoms with E-state index in [4.69, 9.17) is 0 Å². The molecule has 22 heavy (non-hydrogen) atoms. The molecule has 1 aliphatic rings. The number of unbranched alkanes of at least 4 members (excludes halogenated alkanes) is 6. The third kappa shape index (κ3) is 8.65. The summed E-state index contributed by atoms with van der Waals surface area (Å²) in [5.74, 6) is 0.888. The second-order valence-electron chi connectivity index (χ2n) is 6.93. The molecule has 3 heteroatoms. The minimum absolute atomic E-state index is 0.141. The first kappa shape index (κ1) is 19.3. The molecule has 1 fully saturated rings. The quantitative estimate of drug-likeness (QED) is 0.431. The Morgan fingerprint density at radius 3 is 2.14 bits per heavy atom. The Hall–Kier alpha value is -0.730. The number of carbonyl (C=O) groups excluding carboxylic acids is 1. The van der Waals surface area contributed by atoms with Gasteiger partial charge in [0.25, 0.3) is 0 Å². The van der Waals surface area contributed by atoms with Gasteiger partial charge in [-0.15, -0.1) is 0 Å². The van der Waals surface area contributed by atoms with E-state index in [2.05, 4.69) is 19.2 Å². The minimum atomic E-state index is 0.141. The lowest BCUT2D eigenvalue weighted by Gasteiger charge is -2.19. The SMILES string of the molecule is CCCCCCCC(CCCCC)CCCN1CCNC1=O. The standard InChI is InChI=1S/C19H38N2O/c1-3-5-7-8-10-13-18(12-9-6-4-2)14-11-16-21-17-15-20-19(21)22/h18H,3-17H2,1-2H3,(H,20,22). The summed E-state index contributed by atoms with van der Waals surface area (Å²) in [5.41, 5.74) is 0. The van der Waals surface area contributed by atoms with Crippen LogP contribution in [-0.4, -0.2) is 30.6 Å². The molecule has 2 amide bonds. The number of urea groups is 1. The van der Waals surface area contributed by atoms with E-state index in [0.29, 0.717) is 0 Å². The zero-order valence-corrected chi connectivity index (χ0v) is 15.0.